The molecule has 0 atom stereocenters. The van der Waals surface area contributed by atoms with Gasteiger partial charge in [-0.2, -0.15) is 0 Å². The Kier molecular flexibility index (Phi) is 3.31. The number of amides is 1. The molecule has 1 aromatic carbocycles. The molecule has 70 valence electrons. The maximum Gasteiger partial charge on any atom is 0.409 e. The highest BCUT2D eigenvalue weighted by Gasteiger charge is 2.02. The van der Waals surface area contributed by atoms with Crippen molar-refractivity contribution in [2.75, 3.05) is 5.32 Å². The second-order valence-electron chi connectivity index (χ2n) is 2.84. The van der Waals surface area contributed by atoms with Crippen molar-refractivity contribution in [3.63, 3.8) is 0 Å². The van der Waals surface area contributed by atoms with E-state index in [4.69, 9.17) is 5.11 Å². The number of benzene rings is 1. The zero-order valence-corrected chi connectivity index (χ0v) is 7.58. The Bertz CT molecular complexity index is 297. The predicted molar refractivity (Wildman–Crippen MR) is 52.1 cm³/mol. The summed E-state index contributed by atoms with van der Waals surface area (Å²) < 4.78 is 0. The third kappa shape index (κ3) is 2.78. The molecule has 0 radical (unpaired) electrons. The van der Waals surface area contributed by atoms with Crippen LogP contribution in [-0.2, 0) is 6.42 Å². The Morgan fingerprint density at radius 1 is 1.46 bits per heavy atom. The van der Waals surface area contributed by atoms with Crippen molar-refractivity contribution >= 4 is 11.8 Å². The zero-order chi connectivity index (χ0) is 9.68. The maximum atomic E-state index is 10.4. The molecule has 1 aromatic rings. The topological polar surface area (TPSA) is 49.3 Å². The van der Waals surface area contributed by atoms with Crippen LogP contribution in [0.4, 0.5) is 10.5 Å². The van der Waals surface area contributed by atoms with E-state index in [1.54, 1.807) is 6.07 Å². The van der Waals surface area contributed by atoms with Crippen LogP contribution in [0.15, 0.2) is 24.3 Å². The number of rotatable bonds is 3. The smallest absolute Gasteiger partial charge is 0.409 e. The Morgan fingerprint density at radius 2 is 2.15 bits per heavy atom. The van der Waals surface area contributed by atoms with Gasteiger partial charge in [-0.1, -0.05) is 31.5 Å². The molecule has 0 spiro atoms. The van der Waals surface area contributed by atoms with Crippen molar-refractivity contribution in [2.45, 2.75) is 19.8 Å². The first-order chi connectivity index (χ1) is 6.24. The number of carbonyl (C=O) groups is 1. The fourth-order valence-electron chi connectivity index (χ4n) is 1.24. The van der Waals surface area contributed by atoms with Gasteiger partial charge < -0.3 is 5.11 Å². The SMILES string of the molecule is CCCc1ccccc1NC(=O)O. The molecule has 3 nitrogen and oxygen atoms in total. The minimum atomic E-state index is -1.01. The molecule has 1 rings (SSSR count). The maximum absolute atomic E-state index is 10.4. The van der Waals surface area contributed by atoms with Crippen LogP contribution in [0.25, 0.3) is 0 Å². The highest BCUT2D eigenvalue weighted by molar-refractivity contribution is 5.83. The number of carboxylic acid groups (broad SMARTS) is 1. The van der Waals surface area contributed by atoms with Crippen LogP contribution in [0.2, 0.25) is 0 Å². The van der Waals surface area contributed by atoms with Gasteiger partial charge in [0.1, 0.15) is 0 Å². The highest BCUT2D eigenvalue weighted by Crippen LogP contribution is 2.16. The summed E-state index contributed by atoms with van der Waals surface area (Å²) >= 11 is 0. The minimum absolute atomic E-state index is 0.692. The summed E-state index contributed by atoms with van der Waals surface area (Å²) in [6.45, 7) is 2.07. The first kappa shape index (κ1) is 9.58. The van der Waals surface area contributed by atoms with Gasteiger partial charge in [0.15, 0.2) is 0 Å². The Labute approximate surface area is 77.4 Å². The number of aryl methyl sites for hydroxylation is 1. The van der Waals surface area contributed by atoms with Crippen LogP contribution in [0, 0.1) is 0 Å². The standard InChI is InChI=1S/C10H13NO2/c1-2-5-8-6-3-4-7-9(8)11-10(12)13/h3-4,6-7,11H,2,5H2,1H3,(H,12,13). The second-order valence-corrected chi connectivity index (χ2v) is 2.84. The number of hydrogen-bond acceptors (Lipinski definition) is 1. The van der Waals surface area contributed by atoms with E-state index in [1.165, 1.54) is 0 Å². The molecule has 0 saturated carbocycles. The molecule has 0 aromatic heterocycles. The summed E-state index contributed by atoms with van der Waals surface area (Å²) in [5.74, 6) is 0. The molecule has 0 saturated heterocycles. The van der Waals surface area contributed by atoms with Crippen molar-refractivity contribution in [2.24, 2.45) is 0 Å². The molecule has 0 aliphatic heterocycles. The average molecular weight is 179 g/mol. The summed E-state index contributed by atoms with van der Waals surface area (Å²) in [6.07, 6.45) is 0.901. The van der Waals surface area contributed by atoms with Gasteiger partial charge in [-0.15, -0.1) is 0 Å². The Morgan fingerprint density at radius 3 is 2.77 bits per heavy atom. The van der Waals surface area contributed by atoms with Crippen LogP contribution >= 0.6 is 0 Å². The lowest BCUT2D eigenvalue weighted by Gasteiger charge is -2.06. The van der Waals surface area contributed by atoms with Gasteiger partial charge in [0.2, 0.25) is 0 Å². The molecule has 0 heterocycles. The number of nitrogens with one attached hydrogen (secondary N) is 1. The minimum Gasteiger partial charge on any atom is -0.465 e. The lowest BCUT2D eigenvalue weighted by Crippen LogP contribution is -2.09. The van der Waals surface area contributed by atoms with Crippen LogP contribution in [-0.4, -0.2) is 11.2 Å². The van der Waals surface area contributed by atoms with E-state index in [0.717, 1.165) is 18.4 Å². The van der Waals surface area contributed by atoms with Crippen molar-refractivity contribution in [1.82, 2.24) is 0 Å². The predicted octanol–water partition coefficient (Wildman–Crippen LogP) is 2.73. The number of hydrogen-bond donors (Lipinski definition) is 2. The van der Waals surface area contributed by atoms with Crippen molar-refractivity contribution in [1.29, 1.82) is 0 Å². The van der Waals surface area contributed by atoms with Gasteiger partial charge in [-0.05, 0) is 18.1 Å². The number of anilines is 1. The molecule has 0 bridgehead atoms. The van der Waals surface area contributed by atoms with Crippen LogP contribution in [0.1, 0.15) is 18.9 Å². The second kappa shape index (κ2) is 4.50. The van der Waals surface area contributed by atoms with E-state index in [9.17, 15) is 4.79 Å². The van der Waals surface area contributed by atoms with E-state index in [2.05, 4.69) is 12.2 Å². The summed E-state index contributed by atoms with van der Waals surface area (Å²) in [6, 6.07) is 7.45. The fraction of sp³-hybridized carbons (Fsp3) is 0.300. The van der Waals surface area contributed by atoms with Gasteiger partial charge in [0, 0.05) is 5.69 Å². The van der Waals surface area contributed by atoms with Crippen molar-refractivity contribution in [3.05, 3.63) is 29.8 Å². The van der Waals surface area contributed by atoms with Gasteiger partial charge in [-0.25, -0.2) is 4.79 Å². The van der Waals surface area contributed by atoms with Gasteiger partial charge >= 0.3 is 6.09 Å². The van der Waals surface area contributed by atoms with Gasteiger partial charge in [-0.3, -0.25) is 5.32 Å². The molecular weight excluding hydrogens is 166 g/mol. The molecule has 0 fully saturated rings. The Balaban J connectivity index is 2.84. The molecule has 0 aliphatic carbocycles. The van der Waals surface area contributed by atoms with E-state index >= 15 is 0 Å². The van der Waals surface area contributed by atoms with E-state index in [1.807, 2.05) is 18.2 Å². The van der Waals surface area contributed by atoms with Crippen LogP contribution in [0.3, 0.4) is 0 Å². The first-order valence-electron chi connectivity index (χ1n) is 4.32. The molecule has 1 amide bonds. The fourth-order valence-corrected chi connectivity index (χ4v) is 1.24. The van der Waals surface area contributed by atoms with E-state index in [-0.39, 0.29) is 0 Å². The van der Waals surface area contributed by atoms with Crippen LogP contribution < -0.4 is 5.32 Å². The van der Waals surface area contributed by atoms with Crippen molar-refractivity contribution in [3.8, 4) is 0 Å². The van der Waals surface area contributed by atoms with Crippen LogP contribution in [0.5, 0.6) is 0 Å². The lowest BCUT2D eigenvalue weighted by atomic mass is 10.1. The Hall–Kier alpha value is -1.51. The molecule has 2 N–H and O–H groups in total. The average Bonchev–Trinajstić information content (AvgIpc) is 2.08. The summed E-state index contributed by atoms with van der Waals surface area (Å²) in [4.78, 5) is 10.4. The largest absolute Gasteiger partial charge is 0.465 e. The molecular formula is C10H13NO2. The van der Waals surface area contributed by atoms with E-state index < -0.39 is 6.09 Å². The molecule has 13 heavy (non-hydrogen) atoms. The third-order valence-electron chi connectivity index (χ3n) is 1.78. The van der Waals surface area contributed by atoms with Gasteiger partial charge in [0.25, 0.3) is 0 Å². The summed E-state index contributed by atoms with van der Waals surface area (Å²) in [5, 5.41) is 10.9. The van der Waals surface area contributed by atoms with Crippen molar-refractivity contribution < 1.29 is 9.90 Å². The summed E-state index contributed by atoms with van der Waals surface area (Å²) in [5.41, 5.74) is 1.74. The summed E-state index contributed by atoms with van der Waals surface area (Å²) in [7, 11) is 0. The quantitative estimate of drug-likeness (QED) is 0.749. The lowest BCUT2D eigenvalue weighted by molar-refractivity contribution is 0.209. The zero-order valence-electron chi connectivity index (χ0n) is 7.58. The molecule has 0 aliphatic rings. The molecule has 0 unspecified atom stereocenters. The van der Waals surface area contributed by atoms with Gasteiger partial charge in [0.05, 0.1) is 0 Å². The highest BCUT2D eigenvalue weighted by atomic mass is 16.4. The normalized spacial score (nSPS) is 9.62. The van der Waals surface area contributed by atoms with E-state index in [0.29, 0.717) is 5.69 Å². The molecule has 3 heteroatoms. The third-order valence-corrected chi connectivity index (χ3v) is 1.78. The monoisotopic (exact) mass is 179 g/mol. The first-order valence-corrected chi connectivity index (χ1v) is 4.32. The number of para-hydroxylation sites is 1.